The predicted octanol–water partition coefficient (Wildman–Crippen LogP) is 1.83. The van der Waals surface area contributed by atoms with E-state index in [4.69, 9.17) is 10.5 Å². The second kappa shape index (κ2) is 5.88. The van der Waals surface area contributed by atoms with E-state index in [1.807, 2.05) is 13.0 Å². The summed E-state index contributed by atoms with van der Waals surface area (Å²) in [6.07, 6.45) is 0.771. The molecular formula is C15H18N2O3. The third-order valence-electron chi connectivity index (χ3n) is 3.43. The van der Waals surface area contributed by atoms with E-state index in [9.17, 15) is 9.90 Å². The molecule has 106 valence electrons. The van der Waals surface area contributed by atoms with Crippen molar-refractivity contribution in [3.05, 3.63) is 35.5 Å². The number of rotatable bonds is 5. The van der Waals surface area contributed by atoms with Gasteiger partial charge in [-0.1, -0.05) is 6.92 Å². The van der Waals surface area contributed by atoms with Gasteiger partial charge in [0.2, 0.25) is 5.91 Å². The molecule has 1 atom stereocenters. The number of nitrogens with two attached hydrogens (primary N) is 1. The monoisotopic (exact) mass is 274 g/mol. The summed E-state index contributed by atoms with van der Waals surface area (Å²) in [5.41, 5.74) is 7.08. The van der Waals surface area contributed by atoms with Crippen LogP contribution in [-0.4, -0.2) is 29.7 Å². The van der Waals surface area contributed by atoms with Gasteiger partial charge in [-0.3, -0.25) is 9.78 Å². The molecule has 1 aromatic carbocycles. The molecule has 2 aromatic rings. The summed E-state index contributed by atoms with van der Waals surface area (Å²) < 4.78 is 5.37. The molecule has 1 unspecified atom stereocenters. The van der Waals surface area contributed by atoms with Gasteiger partial charge in [0, 0.05) is 22.9 Å². The molecule has 1 heterocycles. The van der Waals surface area contributed by atoms with Gasteiger partial charge in [-0.25, -0.2) is 0 Å². The number of pyridine rings is 1. The highest BCUT2D eigenvalue weighted by Crippen LogP contribution is 2.29. The van der Waals surface area contributed by atoms with Crippen molar-refractivity contribution < 1.29 is 14.6 Å². The molecule has 0 aliphatic heterocycles. The summed E-state index contributed by atoms with van der Waals surface area (Å²) in [5, 5.41) is 10.2. The largest absolute Gasteiger partial charge is 0.496 e. The number of amides is 1. The summed E-state index contributed by atoms with van der Waals surface area (Å²) in [6.45, 7) is 2.01. The van der Waals surface area contributed by atoms with Crippen LogP contribution in [0.4, 0.5) is 0 Å². The fourth-order valence-electron chi connectivity index (χ4n) is 2.18. The maximum atomic E-state index is 11.3. The highest BCUT2D eigenvalue weighted by atomic mass is 16.5. The molecule has 0 saturated carbocycles. The van der Waals surface area contributed by atoms with Crippen LogP contribution >= 0.6 is 0 Å². The summed E-state index contributed by atoms with van der Waals surface area (Å²) in [6, 6.07) is 6.90. The molecule has 0 aliphatic carbocycles. The molecular weight excluding hydrogens is 256 g/mol. The number of fused-ring (bicyclic) bond motifs is 1. The number of ether oxygens (including phenoxy) is 1. The Kier molecular flexibility index (Phi) is 4.20. The minimum atomic E-state index is -0.493. The standard InChI is InChI=1S/C15H18N2O3/c1-3-9(8-18)12-7-14(20-2)11-5-4-10(15(16)19)6-13(11)17-12/h4-7,9,18H,3,8H2,1-2H3,(H2,16,19). The number of aliphatic hydroxyl groups is 1. The lowest BCUT2D eigenvalue weighted by Crippen LogP contribution is -2.11. The lowest BCUT2D eigenvalue weighted by molar-refractivity contribution is 0.100. The van der Waals surface area contributed by atoms with E-state index in [1.165, 1.54) is 0 Å². The van der Waals surface area contributed by atoms with Crippen molar-refractivity contribution in [2.24, 2.45) is 5.73 Å². The van der Waals surface area contributed by atoms with Gasteiger partial charge in [0.1, 0.15) is 5.75 Å². The van der Waals surface area contributed by atoms with E-state index >= 15 is 0 Å². The first-order valence-corrected chi connectivity index (χ1v) is 6.50. The molecule has 3 N–H and O–H groups in total. The van der Waals surface area contributed by atoms with Gasteiger partial charge in [-0.2, -0.15) is 0 Å². The topological polar surface area (TPSA) is 85.4 Å². The van der Waals surface area contributed by atoms with Crippen LogP contribution in [0.3, 0.4) is 0 Å². The third-order valence-corrected chi connectivity index (χ3v) is 3.43. The van der Waals surface area contributed by atoms with Gasteiger partial charge in [-0.05, 0) is 24.6 Å². The zero-order chi connectivity index (χ0) is 14.7. The Balaban J connectivity index is 2.65. The number of aromatic nitrogens is 1. The number of nitrogens with zero attached hydrogens (tertiary/aromatic N) is 1. The van der Waals surface area contributed by atoms with Crippen LogP contribution in [0.1, 0.15) is 35.3 Å². The SMILES string of the molecule is CCC(CO)c1cc(OC)c2ccc(C(N)=O)cc2n1. The van der Waals surface area contributed by atoms with Crippen LogP contribution < -0.4 is 10.5 Å². The first kappa shape index (κ1) is 14.3. The van der Waals surface area contributed by atoms with Crippen LogP contribution in [0, 0.1) is 0 Å². The van der Waals surface area contributed by atoms with Crippen LogP contribution in [0.2, 0.25) is 0 Å². The number of primary amides is 1. The van der Waals surface area contributed by atoms with Crippen LogP contribution in [-0.2, 0) is 0 Å². The maximum Gasteiger partial charge on any atom is 0.248 e. The second-order valence-corrected chi connectivity index (χ2v) is 4.63. The van der Waals surface area contributed by atoms with Crippen LogP contribution in [0.5, 0.6) is 5.75 Å². The van der Waals surface area contributed by atoms with Crippen molar-refractivity contribution in [2.75, 3.05) is 13.7 Å². The molecule has 0 bridgehead atoms. The summed E-state index contributed by atoms with van der Waals surface area (Å²) in [4.78, 5) is 15.8. The lowest BCUT2D eigenvalue weighted by atomic mass is 10.0. The van der Waals surface area contributed by atoms with E-state index in [2.05, 4.69) is 4.98 Å². The molecule has 2 rings (SSSR count). The summed E-state index contributed by atoms with van der Waals surface area (Å²) >= 11 is 0. The van der Waals surface area contributed by atoms with Gasteiger partial charge in [0.05, 0.1) is 24.9 Å². The Morgan fingerprint density at radius 2 is 2.20 bits per heavy atom. The minimum Gasteiger partial charge on any atom is -0.496 e. The lowest BCUT2D eigenvalue weighted by Gasteiger charge is -2.14. The average molecular weight is 274 g/mol. The molecule has 0 saturated heterocycles. The van der Waals surface area contributed by atoms with Crippen LogP contribution in [0.25, 0.3) is 10.9 Å². The highest BCUT2D eigenvalue weighted by molar-refractivity contribution is 5.97. The van der Waals surface area contributed by atoms with E-state index in [0.29, 0.717) is 16.8 Å². The fraction of sp³-hybridized carbons (Fsp3) is 0.333. The van der Waals surface area contributed by atoms with Crippen molar-refractivity contribution in [3.63, 3.8) is 0 Å². The summed E-state index contributed by atoms with van der Waals surface area (Å²) in [5.74, 6) is 0.130. The minimum absolute atomic E-state index is 0.0215. The molecule has 0 radical (unpaired) electrons. The molecule has 20 heavy (non-hydrogen) atoms. The second-order valence-electron chi connectivity index (χ2n) is 4.63. The van der Waals surface area contributed by atoms with Crippen LogP contribution in [0.15, 0.2) is 24.3 Å². The van der Waals surface area contributed by atoms with Gasteiger partial charge < -0.3 is 15.6 Å². The zero-order valence-corrected chi connectivity index (χ0v) is 11.6. The quantitative estimate of drug-likeness (QED) is 0.871. The fourth-order valence-corrected chi connectivity index (χ4v) is 2.18. The van der Waals surface area contributed by atoms with Crippen molar-refractivity contribution in [1.82, 2.24) is 4.98 Å². The van der Waals surface area contributed by atoms with Gasteiger partial charge in [0.15, 0.2) is 0 Å². The number of hydrogen-bond donors (Lipinski definition) is 2. The Morgan fingerprint density at radius 3 is 2.75 bits per heavy atom. The Morgan fingerprint density at radius 1 is 1.45 bits per heavy atom. The maximum absolute atomic E-state index is 11.3. The Labute approximate surface area is 117 Å². The normalized spacial score (nSPS) is 12.3. The zero-order valence-electron chi connectivity index (χ0n) is 11.6. The molecule has 1 amide bonds. The molecule has 0 aliphatic rings. The Bertz CT molecular complexity index is 636. The molecule has 0 fully saturated rings. The molecule has 5 heteroatoms. The number of methoxy groups -OCH3 is 1. The molecule has 0 spiro atoms. The number of carbonyl (C=O) groups excluding carboxylic acids is 1. The van der Waals surface area contributed by atoms with Crippen molar-refractivity contribution in [3.8, 4) is 5.75 Å². The number of hydrogen-bond acceptors (Lipinski definition) is 4. The smallest absolute Gasteiger partial charge is 0.248 e. The van der Waals surface area contributed by atoms with E-state index in [0.717, 1.165) is 17.5 Å². The molecule has 1 aromatic heterocycles. The van der Waals surface area contributed by atoms with Gasteiger partial charge in [0.25, 0.3) is 0 Å². The van der Waals surface area contributed by atoms with Crippen molar-refractivity contribution in [1.29, 1.82) is 0 Å². The highest BCUT2D eigenvalue weighted by Gasteiger charge is 2.14. The van der Waals surface area contributed by atoms with E-state index in [1.54, 1.807) is 25.3 Å². The number of carbonyl (C=O) groups is 1. The first-order valence-electron chi connectivity index (χ1n) is 6.50. The van der Waals surface area contributed by atoms with E-state index < -0.39 is 5.91 Å². The molecule has 5 nitrogen and oxygen atoms in total. The van der Waals surface area contributed by atoms with Gasteiger partial charge in [-0.15, -0.1) is 0 Å². The van der Waals surface area contributed by atoms with Gasteiger partial charge >= 0.3 is 0 Å². The first-order chi connectivity index (χ1) is 9.60. The third kappa shape index (κ3) is 2.58. The Hall–Kier alpha value is -2.14. The number of benzene rings is 1. The number of aliphatic hydroxyl groups excluding tert-OH is 1. The van der Waals surface area contributed by atoms with E-state index in [-0.39, 0.29) is 12.5 Å². The van der Waals surface area contributed by atoms with Crippen molar-refractivity contribution in [2.45, 2.75) is 19.3 Å². The summed E-state index contributed by atoms with van der Waals surface area (Å²) in [7, 11) is 1.58. The average Bonchev–Trinajstić information content (AvgIpc) is 2.46. The van der Waals surface area contributed by atoms with Crippen molar-refractivity contribution >= 4 is 16.8 Å². The predicted molar refractivity (Wildman–Crippen MR) is 76.9 cm³/mol.